The summed E-state index contributed by atoms with van der Waals surface area (Å²) >= 11 is 0. The molecule has 0 aromatic heterocycles. The van der Waals surface area contributed by atoms with Crippen LogP contribution < -0.4 is 0 Å². The molecule has 13 heavy (non-hydrogen) atoms. The molecular formula is C10H18O3. The highest BCUT2D eigenvalue weighted by Gasteiger charge is 2.55. The van der Waals surface area contributed by atoms with Gasteiger partial charge in [-0.25, -0.2) is 0 Å². The largest absolute Gasteiger partial charge is 0.392 e. The Hall–Kier alpha value is -0.120. The summed E-state index contributed by atoms with van der Waals surface area (Å²) in [7, 11) is 0. The fraction of sp³-hybridized carbons (Fsp3) is 1.00. The van der Waals surface area contributed by atoms with Crippen molar-refractivity contribution in [2.45, 2.75) is 45.0 Å². The summed E-state index contributed by atoms with van der Waals surface area (Å²) in [4.78, 5) is 0. The fourth-order valence-electron chi connectivity index (χ4n) is 2.44. The second-order valence-corrected chi connectivity index (χ2v) is 4.58. The molecule has 0 aromatic carbocycles. The van der Waals surface area contributed by atoms with Crippen LogP contribution in [0.25, 0.3) is 0 Å². The predicted octanol–water partition coefficient (Wildman–Crippen LogP) is 1.30. The van der Waals surface area contributed by atoms with Gasteiger partial charge in [-0.1, -0.05) is 13.8 Å². The van der Waals surface area contributed by atoms with E-state index in [1.54, 1.807) is 0 Å². The summed E-state index contributed by atoms with van der Waals surface area (Å²) in [5.74, 6) is -0.509. The lowest BCUT2D eigenvalue weighted by Gasteiger charge is -2.48. The lowest BCUT2D eigenvalue weighted by atomic mass is 9.70. The van der Waals surface area contributed by atoms with Crippen LogP contribution in [0.15, 0.2) is 0 Å². The molecule has 0 bridgehead atoms. The first-order valence-corrected chi connectivity index (χ1v) is 5.04. The third-order valence-corrected chi connectivity index (χ3v) is 3.55. The summed E-state index contributed by atoms with van der Waals surface area (Å²) in [5, 5.41) is 9.90. The monoisotopic (exact) mass is 186 g/mol. The van der Waals surface area contributed by atoms with E-state index in [1.807, 2.05) is 13.8 Å². The van der Waals surface area contributed by atoms with Gasteiger partial charge in [0.2, 0.25) is 0 Å². The molecule has 1 saturated carbocycles. The zero-order valence-corrected chi connectivity index (χ0v) is 8.38. The molecular weight excluding hydrogens is 168 g/mol. The van der Waals surface area contributed by atoms with E-state index in [0.29, 0.717) is 13.2 Å². The van der Waals surface area contributed by atoms with E-state index in [-0.39, 0.29) is 11.5 Å². The number of hydrogen-bond acceptors (Lipinski definition) is 3. The molecule has 0 unspecified atom stereocenters. The average molecular weight is 186 g/mol. The van der Waals surface area contributed by atoms with Crippen molar-refractivity contribution in [3.05, 3.63) is 0 Å². The molecule has 2 fully saturated rings. The Morgan fingerprint density at radius 1 is 1.23 bits per heavy atom. The van der Waals surface area contributed by atoms with Gasteiger partial charge in [0.15, 0.2) is 5.79 Å². The molecule has 1 aliphatic carbocycles. The van der Waals surface area contributed by atoms with Crippen molar-refractivity contribution < 1.29 is 14.6 Å². The maximum absolute atomic E-state index is 9.90. The molecule has 2 rings (SSSR count). The smallest absolute Gasteiger partial charge is 0.175 e. The molecule has 2 aliphatic rings. The van der Waals surface area contributed by atoms with Gasteiger partial charge in [-0.05, 0) is 12.8 Å². The van der Waals surface area contributed by atoms with Crippen molar-refractivity contribution in [2.24, 2.45) is 5.41 Å². The van der Waals surface area contributed by atoms with Gasteiger partial charge in [0.25, 0.3) is 0 Å². The van der Waals surface area contributed by atoms with Gasteiger partial charge in [-0.3, -0.25) is 0 Å². The molecule has 1 heterocycles. The summed E-state index contributed by atoms with van der Waals surface area (Å²) in [5.41, 5.74) is -0.276. The van der Waals surface area contributed by atoms with Gasteiger partial charge in [0.1, 0.15) is 0 Å². The summed E-state index contributed by atoms with van der Waals surface area (Å²) in [6.45, 7) is 5.39. The number of rotatable bonds is 0. The Morgan fingerprint density at radius 3 is 2.46 bits per heavy atom. The Labute approximate surface area is 79.0 Å². The first kappa shape index (κ1) is 9.44. The van der Waals surface area contributed by atoms with E-state index in [4.69, 9.17) is 9.47 Å². The standard InChI is InChI=1S/C10H18O3/c1-9(2)8(11)4-3-5-10(9)12-6-7-13-10/h8,11H,3-7H2,1-2H3/t8-/m1/s1. The Bertz CT molecular complexity index is 194. The first-order valence-electron chi connectivity index (χ1n) is 5.04. The molecule has 0 radical (unpaired) electrons. The number of aliphatic hydroxyl groups is 1. The van der Waals surface area contributed by atoms with Crippen LogP contribution in [0.2, 0.25) is 0 Å². The highest BCUT2D eigenvalue weighted by molar-refractivity contribution is 4.98. The number of aliphatic hydroxyl groups excluding tert-OH is 1. The molecule has 76 valence electrons. The summed E-state index contributed by atoms with van der Waals surface area (Å²) in [6, 6.07) is 0. The van der Waals surface area contributed by atoms with Crippen molar-refractivity contribution in [2.75, 3.05) is 13.2 Å². The van der Waals surface area contributed by atoms with Gasteiger partial charge in [0.05, 0.1) is 19.3 Å². The number of ether oxygens (including phenoxy) is 2. The Balaban J connectivity index is 2.25. The van der Waals surface area contributed by atoms with E-state index in [1.165, 1.54) is 0 Å². The van der Waals surface area contributed by atoms with Gasteiger partial charge >= 0.3 is 0 Å². The van der Waals surface area contributed by atoms with Crippen molar-refractivity contribution in [1.82, 2.24) is 0 Å². The molecule has 0 amide bonds. The Kier molecular flexibility index (Phi) is 2.13. The normalized spacial score (nSPS) is 36.7. The third kappa shape index (κ3) is 1.22. The predicted molar refractivity (Wildman–Crippen MR) is 48.3 cm³/mol. The van der Waals surface area contributed by atoms with Gasteiger partial charge in [0, 0.05) is 11.8 Å². The third-order valence-electron chi connectivity index (χ3n) is 3.55. The zero-order chi connectivity index (χ0) is 9.53. The van der Waals surface area contributed by atoms with Crippen LogP contribution in [0.1, 0.15) is 33.1 Å². The SMILES string of the molecule is CC1(C)[C@H](O)CCCC12OCCO2. The Morgan fingerprint density at radius 2 is 1.85 bits per heavy atom. The molecule has 3 nitrogen and oxygen atoms in total. The molecule has 1 aliphatic heterocycles. The maximum Gasteiger partial charge on any atom is 0.175 e. The summed E-state index contributed by atoms with van der Waals surface area (Å²) in [6.07, 6.45) is 2.46. The molecule has 3 heteroatoms. The maximum atomic E-state index is 9.90. The molecule has 1 N–H and O–H groups in total. The molecule has 1 saturated heterocycles. The fourth-order valence-corrected chi connectivity index (χ4v) is 2.44. The topological polar surface area (TPSA) is 38.7 Å². The lowest BCUT2D eigenvalue weighted by molar-refractivity contribution is -0.272. The minimum absolute atomic E-state index is 0.276. The van der Waals surface area contributed by atoms with Crippen LogP contribution in [0.4, 0.5) is 0 Å². The van der Waals surface area contributed by atoms with Crippen LogP contribution in [-0.2, 0) is 9.47 Å². The second kappa shape index (κ2) is 2.94. The highest BCUT2D eigenvalue weighted by atomic mass is 16.7. The molecule has 1 atom stereocenters. The summed E-state index contributed by atoms with van der Waals surface area (Å²) < 4.78 is 11.4. The highest BCUT2D eigenvalue weighted by Crippen LogP contribution is 2.48. The minimum Gasteiger partial charge on any atom is -0.392 e. The number of hydrogen-bond donors (Lipinski definition) is 1. The van der Waals surface area contributed by atoms with Crippen LogP contribution in [0, 0.1) is 5.41 Å². The molecule has 0 aromatic rings. The van der Waals surface area contributed by atoms with Crippen molar-refractivity contribution in [3.8, 4) is 0 Å². The van der Waals surface area contributed by atoms with Crippen LogP contribution in [0.5, 0.6) is 0 Å². The van der Waals surface area contributed by atoms with E-state index < -0.39 is 5.79 Å². The van der Waals surface area contributed by atoms with Crippen molar-refractivity contribution in [1.29, 1.82) is 0 Å². The van der Waals surface area contributed by atoms with Gasteiger partial charge < -0.3 is 14.6 Å². The average Bonchev–Trinajstić information content (AvgIpc) is 2.52. The van der Waals surface area contributed by atoms with Crippen molar-refractivity contribution >= 4 is 0 Å². The quantitative estimate of drug-likeness (QED) is 0.619. The minimum atomic E-state index is -0.509. The first-order chi connectivity index (χ1) is 6.08. The van der Waals surface area contributed by atoms with Crippen LogP contribution in [0.3, 0.4) is 0 Å². The van der Waals surface area contributed by atoms with E-state index in [9.17, 15) is 5.11 Å². The van der Waals surface area contributed by atoms with E-state index in [0.717, 1.165) is 19.3 Å². The van der Waals surface area contributed by atoms with Gasteiger partial charge in [-0.2, -0.15) is 0 Å². The van der Waals surface area contributed by atoms with Crippen LogP contribution >= 0.6 is 0 Å². The molecule has 1 spiro atoms. The zero-order valence-electron chi connectivity index (χ0n) is 8.38. The van der Waals surface area contributed by atoms with Crippen molar-refractivity contribution in [3.63, 3.8) is 0 Å². The lowest BCUT2D eigenvalue weighted by Crippen LogP contribution is -2.55. The van der Waals surface area contributed by atoms with E-state index >= 15 is 0 Å². The van der Waals surface area contributed by atoms with Crippen LogP contribution in [-0.4, -0.2) is 30.2 Å². The second-order valence-electron chi connectivity index (χ2n) is 4.58. The van der Waals surface area contributed by atoms with Gasteiger partial charge in [-0.15, -0.1) is 0 Å². The van der Waals surface area contributed by atoms with E-state index in [2.05, 4.69) is 0 Å².